The summed E-state index contributed by atoms with van der Waals surface area (Å²) in [6, 6.07) is 4.77. The molecular formula is C16H24Cl3N3O2S. The minimum Gasteiger partial charge on any atom is -0.316 e. The molecular weight excluding hydrogens is 405 g/mol. The Morgan fingerprint density at radius 1 is 1.16 bits per heavy atom. The Morgan fingerprint density at radius 3 is 2.28 bits per heavy atom. The SMILES string of the molecule is CC1(CN2CCN(S(=O)(=O)c3c(Cl)cccc3Cl)CC2)CCNC1.Cl. The van der Waals surface area contributed by atoms with Gasteiger partial charge in [-0.2, -0.15) is 4.31 Å². The molecule has 0 aliphatic carbocycles. The molecule has 5 nitrogen and oxygen atoms in total. The zero-order valence-corrected chi connectivity index (χ0v) is 17.3. The van der Waals surface area contributed by atoms with Crippen LogP contribution in [0.2, 0.25) is 10.0 Å². The van der Waals surface area contributed by atoms with Gasteiger partial charge in [-0.3, -0.25) is 0 Å². The smallest absolute Gasteiger partial charge is 0.246 e. The molecule has 0 radical (unpaired) electrons. The van der Waals surface area contributed by atoms with Crippen LogP contribution in [-0.2, 0) is 10.0 Å². The third-order valence-electron chi connectivity index (χ3n) is 4.91. The maximum atomic E-state index is 12.9. The number of nitrogens with one attached hydrogen (secondary N) is 1. The fourth-order valence-corrected chi connectivity index (χ4v) is 6.04. The number of benzene rings is 1. The van der Waals surface area contributed by atoms with Crippen LogP contribution in [0.3, 0.4) is 0 Å². The fraction of sp³-hybridized carbons (Fsp3) is 0.625. The number of hydrogen-bond acceptors (Lipinski definition) is 4. The van der Waals surface area contributed by atoms with E-state index in [1.54, 1.807) is 18.2 Å². The standard InChI is InChI=1S/C16H23Cl2N3O2S.ClH/c1-16(5-6-19-11-16)12-20-7-9-21(10-8-20)24(22,23)15-13(17)3-2-4-14(15)18;/h2-4,19H,5-12H2,1H3;1H. The molecule has 1 N–H and O–H groups in total. The summed E-state index contributed by atoms with van der Waals surface area (Å²) in [4.78, 5) is 2.38. The molecule has 2 saturated heterocycles. The van der Waals surface area contributed by atoms with Crippen molar-refractivity contribution in [1.29, 1.82) is 0 Å². The number of nitrogens with zero attached hydrogens (tertiary/aromatic N) is 2. The van der Waals surface area contributed by atoms with E-state index in [2.05, 4.69) is 17.1 Å². The van der Waals surface area contributed by atoms with Crippen molar-refractivity contribution in [3.63, 3.8) is 0 Å². The van der Waals surface area contributed by atoms with Crippen LogP contribution in [0.25, 0.3) is 0 Å². The molecule has 2 aliphatic rings. The van der Waals surface area contributed by atoms with Gasteiger partial charge < -0.3 is 10.2 Å². The fourth-order valence-electron chi connectivity index (χ4n) is 3.53. The molecule has 2 aliphatic heterocycles. The van der Waals surface area contributed by atoms with E-state index in [1.807, 2.05) is 0 Å². The van der Waals surface area contributed by atoms with Crippen molar-refractivity contribution in [1.82, 2.24) is 14.5 Å². The van der Waals surface area contributed by atoms with Crippen molar-refractivity contribution < 1.29 is 8.42 Å². The van der Waals surface area contributed by atoms with Gasteiger partial charge in [0.05, 0.1) is 10.0 Å². The molecule has 1 aromatic rings. The minimum absolute atomic E-state index is 0. The lowest BCUT2D eigenvalue weighted by Crippen LogP contribution is -2.51. The Kier molecular flexibility index (Phi) is 7.04. The van der Waals surface area contributed by atoms with Gasteiger partial charge in [-0.1, -0.05) is 36.2 Å². The Bertz CT molecular complexity index is 680. The van der Waals surface area contributed by atoms with Crippen LogP contribution in [-0.4, -0.2) is 63.4 Å². The van der Waals surface area contributed by atoms with E-state index >= 15 is 0 Å². The van der Waals surface area contributed by atoms with Crippen molar-refractivity contribution in [3.8, 4) is 0 Å². The van der Waals surface area contributed by atoms with Crippen LogP contribution in [0.15, 0.2) is 23.1 Å². The van der Waals surface area contributed by atoms with E-state index in [0.717, 1.165) is 32.7 Å². The molecule has 9 heteroatoms. The molecule has 25 heavy (non-hydrogen) atoms. The molecule has 1 aromatic carbocycles. The van der Waals surface area contributed by atoms with Crippen molar-refractivity contribution >= 4 is 45.6 Å². The monoisotopic (exact) mass is 427 g/mol. The quantitative estimate of drug-likeness (QED) is 0.801. The van der Waals surface area contributed by atoms with Gasteiger partial charge in [0.1, 0.15) is 4.90 Å². The topological polar surface area (TPSA) is 52.7 Å². The van der Waals surface area contributed by atoms with Crippen LogP contribution in [0.1, 0.15) is 13.3 Å². The van der Waals surface area contributed by atoms with Crippen molar-refractivity contribution in [2.24, 2.45) is 5.41 Å². The summed E-state index contributed by atoms with van der Waals surface area (Å²) in [7, 11) is -3.66. The van der Waals surface area contributed by atoms with Crippen LogP contribution < -0.4 is 5.32 Å². The van der Waals surface area contributed by atoms with Gasteiger partial charge in [0.25, 0.3) is 0 Å². The molecule has 0 amide bonds. The largest absolute Gasteiger partial charge is 0.316 e. The van der Waals surface area contributed by atoms with Gasteiger partial charge in [-0.05, 0) is 30.5 Å². The Balaban J connectivity index is 0.00000225. The molecule has 2 fully saturated rings. The maximum absolute atomic E-state index is 12.9. The lowest BCUT2D eigenvalue weighted by Gasteiger charge is -2.38. The third kappa shape index (κ3) is 4.61. The first-order valence-corrected chi connectivity index (χ1v) is 10.4. The van der Waals surface area contributed by atoms with E-state index in [1.165, 1.54) is 10.7 Å². The zero-order chi connectivity index (χ0) is 17.4. The molecule has 0 spiro atoms. The summed E-state index contributed by atoms with van der Waals surface area (Å²) in [5.41, 5.74) is 0.285. The molecule has 0 bridgehead atoms. The lowest BCUT2D eigenvalue weighted by molar-refractivity contribution is 0.132. The molecule has 0 saturated carbocycles. The summed E-state index contributed by atoms with van der Waals surface area (Å²) in [6.45, 7) is 7.78. The highest BCUT2D eigenvalue weighted by molar-refractivity contribution is 7.89. The second-order valence-electron chi connectivity index (χ2n) is 6.97. The second kappa shape index (κ2) is 8.30. The number of hydrogen-bond donors (Lipinski definition) is 1. The summed E-state index contributed by atoms with van der Waals surface area (Å²) < 4.78 is 27.2. The lowest BCUT2D eigenvalue weighted by atomic mass is 9.89. The van der Waals surface area contributed by atoms with E-state index in [-0.39, 0.29) is 32.8 Å². The van der Waals surface area contributed by atoms with E-state index < -0.39 is 10.0 Å². The van der Waals surface area contributed by atoms with Crippen LogP contribution in [0.4, 0.5) is 0 Å². The molecule has 1 atom stereocenters. The van der Waals surface area contributed by atoms with E-state index in [0.29, 0.717) is 13.1 Å². The second-order valence-corrected chi connectivity index (χ2v) is 9.66. The average Bonchev–Trinajstić information content (AvgIpc) is 2.93. The first-order chi connectivity index (χ1) is 11.3. The van der Waals surface area contributed by atoms with Crippen LogP contribution in [0.5, 0.6) is 0 Å². The molecule has 1 unspecified atom stereocenters. The normalized spacial score (nSPS) is 25.7. The van der Waals surface area contributed by atoms with Crippen LogP contribution in [0, 0.1) is 5.41 Å². The van der Waals surface area contributed by atoms with Gasteiger partial charge in [-0.25, -0.2) is 8.42 Å². The summed E-state index contributed by atoms with van der Waals surface area (Å²) in [6.07, 6.45) is 1.17. The van der Waals surface area contributed by atoms with Gasteiger partial charge in [0, 0.05) is 39.3 Å². The summed E-state index contributed by atoms with van der Waals surface area (Å²) >= 11 is 12.2. The minimum atomic E-state index is -3.66. The van der Waals surface area contributed by atoms with Gasteiger partial charge in [0.2, 0.25) is 10.0 Å². The van der Waals surface area contributed by atoms with Gasteiger partial charge in [0.15, 0.2) is 0 Å². The van der Waals surface area contributed by atoms with Crippen molar-refractivity contribution in [2.45, 2.75) is 18.2 Å². The van der Waals surface area contributed by atoms with Crippen molar-refractivity contribution in [2.75, 3.05) is 45.8 Å². The molecule has 142 valence electrons. The molecule has 0 aromatic heterocycles. The highest BCUT2D eigenvalue weighted by atomic mass is 35.5. The Morgan fingerprint density at radius 2 is 1.76 bits per heavy atom. The Labute approximate surface area is 166 Å². The molecule has 3 rings (SSSR count). The first-order valence-electron chi connectivity index (χ1n) is 8.19. The number of halogens is 3. The van der Waals surface area contributed by atoms with Gasteiger partial charge in [-0.15, -0.1) is 12.4 Å². The number of piperazine rings is 1. The molecule has 2 heterocycles. The Hall–Kier alpha value is -0.0800. The predicted molar refractivity (Wildman–Crippen MR) is 105 cm³/mol. The average molecular weight is 429 g/mol. The van der Waals surface area contributed by atoms with Crippen molar-refractivity contribution in [3.05, 3.63) is 28.2 Å². The number of rotatable bonds is 4. The van der Waals surface area contributed by atoms with Crippen LogP contribution >= 0.6 is 35.6 Å². The zero-order valence-electron chi connectivity index (χ0n) is 14.2. The van der Waals surface area contributed by atoms with E-state index in [9.17, 15) is 8.42 Å². The highest BCUT2D eigenvalue weighted by Crippen LogP contribution is 2.32. The van der Waals surface area contributed by atoms with E-state index in [4.69, 9.17) is 23.2 Å². The summed E-state index contributed by atoms with van der Waals surface area (Å²) in [5.74, 6) is 0. The maximum Gasteiger partial charge on any atom is 0.246 e. The predicted octanol–water partition coefficient (Wildman–Crippen LogP) is 2.72. The third-order valence-corrected chi connectivity index (χ3v) is 7.77. The number of sulfonamides is 1. The first kappa shape index (κ1) is 21.2. The highest BCUT2D eigenvalue weighted by Gasteiger charge is 2.35. The van der Waals surface area contributed by atoms with Gasteiger partial charge >= 0.3 is 0 Å². The summed E-state index contributed by atoms with van der Waals surface area (Å²) in [5, 5.41) is 3.76.